The van der Waals surface area contributed by atoms with Crippen molar-refractivity contribution in [2.75, 3.05) is 6.61 Å². The summed E-state index contributed by atoms with van der Waals surface area (Å²) in [6, 6.07) is 32.0. The molecule has 7 nitrogen and oxygen atoms in total. The number of benzene rings is 4. The van der Waals surface area contributed by atoms with Crippen molar-refractivity contribution in [1.29, 1.82) is 0 Å². The van der Waals surface area contributed by atoms with E-state index in [4.69, 9.17) is 4.74 Å². The van der Waals surface area contributed by atoms with E-state index < -0.39 is 28.1 Å². The topological polar surface area (TPSA) is 102 Å². The van der Waals surface area contributed by atoms with Crippen LogP contribution in [-0.4, -0.2) is 39.0 Å². The van der Waals surface area contributed by atoms with Crippen molar-refractivity contribution < 1.29 is 22.7 Å². The van der Waals surface area contributed by atoms with Crippen molar-refractivity contribution in [2.45, 2.75) is 29.8 Å². The van der Waals surface area contributed by atoms with Crippen LogP contribution in [0.15, 0.2) is 125 Å². The van der Waals surface area contributed by atoms with Crippen molar-refractivity contribution in [3.05, 3.63) is 136 Å². The molecule has 0 aromatic heterocycles. The molecule has 4 rings (SSSR count). The molecule has 0 aliphatic rings. The summed E-state index contributed by atoms with van der Waals surface area (Å²) in [6.45, 7) is -0.144. The molecule has 206 valence electrons. The first-order valence-corrected chi connectivity index (χ1v) is 15.0. The van der Waals surface area contributed by atoms with Gasteiger partial charge in [0.25, 0.3) is 5.91 Å². The van der Waals surface area contributed by atoms with E-state index in [2.05, 4.69) is 26.0 Å². The number of halogens is 1. The molecule has 2 atom stereocenters. The fraction of sp³-hybridized carbons (Fsp3) is 0.161. The lowest BCUT2D eigenvalue weighted by molar-refractivity contribution is -0.146. The predicted molar refractivity (Wildman–Crippen MR) is 157 cm³/mol. The fourth-order valence-corrected chi connectivity index (χ4v) is 6.32. The van der Waals surface area contributed by atoms with Gasteiger partial charge in [0.05, 0.1) is 10.9 Å². The monoisotopic (exact) mass is 620 g/mol. The van der Waals surface area contributed by atoms with E-state index in [9.17, 15) is 18.0 Å². The molecule has 4 aromatic carbocycles. The van der Waals surface area contributed by atoms with Gasteiger partial charge in [0.15, 0.2) is 0 Å². The summed E-state index contributed by atoms with van der Waals surface area (Å²) in [5.41, 5.74) is 2.19. The molecule has 0 saturated carbocycles. The van der Waals surface area contributed by atoms with Crippen LogP contribution in [0, 0.1) is 0 Å². The number of ether oxygens (including phenoxy) is 1. The molecule has 2 unspecified atom stereocenters. The van der Waals surface area contributed by atoms with Gasteiger partial charge in [0.2, 0.25) is 10.0 Å². The Morgan fingerprint density at radius 2 is 1.25 bits per heavy atom. The Bertz CT molecular complexity index is 1520. The Balaban J connectivity index is 1.52. The van der Waals surface area contributed by atoms with Crippen molar-refractivity contribution >= 4 is 37.8 Å². The molecule has 4 aromatic rings. The third-order valence-electron chi connectivity index (χ3n) is 6.11. The average Bonchev–Trinajstić information content (AvgIpc) is 2.97. The molecular weight excluding hydrogens is 592 g/mol. The third kappa shape index (κ3) is 8.35. The predicted octanol–water partition coefficient (Wildman–Crippen LogP) is 4.92. The van der Waals surface area contributed by atoms with E-state index in [1.54, 1.807) is 42.5 Å². The normalized spacial score (nSPS) is 12.7. The summed E-state index contributed by atoms with van der Waals surface area (Å²) in [5.74, 6) is -1.04. The molecule has 0 heterocycles. The minimum absolute atomic E-state index is 0.0120. The lowest BCUT2D eigenvalue weighted by Gasteiger charge is -2.22. The van der Waals surface area contributed by atoms with Crippen LogP contribution in [0.4, 0.5) is 0 Å². The Kier molecular flexibility index (Phi) is 10.2. The average molecular weight is 622 g/mol. The van der Waals surface area contributed by atoms with Crippen molar-refractivity contribution in [1.82, 2.24) is 10.0 Å². The van der Waals surface area contributed by atoms with E-state index in [1.165, 1.54) is 6.07 Å². The minimum atomic E-state index is -4.06. The van der Waals surface area contributed by atoms with Gasteiger partial charge in [0, 0.05) is 10.0 Å². The number of rotatable bonds is 12. The SMILES string of the molecule is O=C(NC(COC(=O)C(Cc1ccccc1)NS(=O)(=O)c1ccccc1Br)Cc1ccccc1)c1ccccc1. The van der Waals surface area contributed by atoms with Crippen LogP contribution in [0.25, 0.3) is 0 Å². The highest BCUT2D eigenvalue weighted by Crippen LogP contribution is 2.22. The van der Waals surface area contributed by atoms with Crippen molar-refractivity contribution in [3.8, 4) is 0 Å². The summed E-state index contributed by atoms with van der Waals surface area (Å²) in [6.07, 6.45) is 0.502. The van der Waals surface area contributed by atoms with Crippen LogP contribution in [0.3, 0.4) is 0 Å². The highest BCUT2D eigenvalue weighted by molar-refractivity contribution is 9.10. The van der Waals surface area contributed by atoms with E-state index in [0.717, 1.165) is 11.1 Å². The summed E-state index contributed by atoms with van der Waals surface area (Å²) >= 11 is 3.27. The molecule has 0 saturated heterocycles. The van der Waals surface area contributed by atoms with Gasteiger partial charge in [-0.1, -0.05) is 91.0 Å². The number of hydrogen-bond donors (Lipinski definition) is 2. The second-order valence-electron chi connectivity index (χ2n) is 9.15. The number of hydrogen-bond acceptors (Lipinski definition) is 5. The van der Waals surface area contributed by atoms with Gasteiger partial charge >= 0.3 is 5.97 Å². The first kappa shape index (κ1) is 29.2. The summed E-state index contributed by atoms with van der Waals surface area (Å²) in [5, 5.41) is 2.95. The number of sulfonamides is 1. The first-order valence-electron chi connectivity index (χ1n) is 12.7. The maximum absolute atomic E-state index is 13.4. The van der Waals surface area contributed by atoms with Crippen LogP contribution >= 0.6 is 15.9 Å². The maximum atomic E-state index is 13.4. The second-order valence-corrected chi connectivity index (χ2v) is 11.7. The zero-order chi connectivity index (χ0) is 28.4. The number of nitrogens with one attached hydrogen (secondary N) is 2. The number of esters is 1. The largest absolute Gasteiger partial charge is 0.462 e. The van der Waals surface area contributed by atoms with Gasteiger partial charge < -0.3 is 10.1 Å². The maximum Gasteiger partial charge on any atom is 0.324 e. The Morgan fingerprint density at radius 1 is 0.725 bits per heavy atom. The molecule has 0 aliphatic carbocycles. The van der Waals surface area contributed by atoms with Crippen LogP contribution in [-0.2, 0) is 32.4 Å². The van der Waals surface area contributed by atoms with Crippen molar-refractivity contribution in [2.24, 2.45) is 0 Å². The molecule has 9 heteroatoms. The number of carbonyl (C=O) groups excluding carboxylic acids is 2. The first-order chi connectivity index (χ1) is 19.3. The minimum Gasteiger partial charge on any atom is -0.462 e. The highest BCUT2D eigenvalue weighted by atomic mass is 79.9. The molecule has 0 radical (unpaired) electrons. The molecule has 0 fully saturated rings. The van der Waals surface area contributed by atoms with E-state index in [1.807, 2.05) is 66.7 Å². The molecular formula is C31H29BrN2O5S. The van der Waals surface area contributed by atoms with Gasteiger partial charge in [-0.3, -0.25) is 9.59 Å². The quantitative estimate of drug-likeness (QED) is 0.219. The van der Waals surface area contributed by atoms with E-state index >= 15 is 0 Å². The van der Waals surface area contributed by atoms with E-state index in [0.29, 0.717) is 16.5 Å². The number of carbonyl (C=O) groups is 2. The van der Waals surface area contributed by atoms with Crippen molar-refractivity contribution in [3.63, 3.8) is 0 Å². The highest BCUT2D eigenvalue weighted by Gasteiger charge is 2.29. The summed E-state index contributed by atoms with van der Waals surface area (Å²) in [7, 11) is -4.06. The lowest BCUT2D eigenvalue weighted by Crippen LogP contribution is -2.46. The second kappa shape index (κ2) is 14.0. The zero-order valence-corrected chi connectivity index (χ0v) is 24.0. The van der Waals surface area contributed by atoms with Gasteiger partial charge in [-0.15, -0.1) is 0 Å². The number of amides is 1. The molecule has 0 spiro atoms. The Labute approximate surface area is 242 Å². The Hall–Kier alpha value is -3.79. The van der Waals surface area contributed by atoms with Gasteiger partial charge in [-0.2, -0.15) is 4.72 Å². The van der Waals surface area contributed by atoms with Gasteiger partial charge in [0.1, 0.15) is 12.6 Å². The molecule has 40 heavy (non-hydrogen) atoms. The lowest BCUT2D eigenvalue weighted by atomic mass is 10.1. The molecule has 0 aliphatic heterocycles. The summed E-state index contributed by atoms with van der Waals surface area (Å²) < 4.78 is 35.0. The Morgan fingerprint density at radius 3 is 1.85 bits per heavy atom. The summed E-state index contributed by atoms with van der Waals surface area (Å²) in [4.78, 5) is 26.3. The van der Waals surface area contributed by atoms with Gasteiger partial charge in [-0.25, -0.2) is 8.42 Å². The third-order valence-corrected chi connectivity index (χ3v) is 8.60. The van der Waals surface area contributed by atoms with E-state index in [-0.39, 0.29) is 23.8 Å². The van der Waals surface area contributed by atoms with Gasteiger partial charge in [-0.05, 0) is 64.2 Å². The van der Waals surface area contributed by atoms with Crippen LogP contribution in [0.1, 0.15) is 21.5 Å². The van der Waals surface area contributed by atoms with Crippen LogP contribution < -0.4 is 10.0 Å². The van der Waals surface area contributed by atoms with Crippen LogP contribution in [0.2, 0.25) is 0 Å². The standard InChI is InChI=1S/C31H29BrN2O5S/c32-27-18-10-11-19-29(27)40(37,38)34-28(21-24-14-6-2-7-15-24)31(36)39-22-26(20-23-12-4-1-5-13-23)33-30(35)25-16-8-3-9-17-25/h1-19,26,28,34H,20-22H2,(H,33,35). The molecule has 2 N–H and O–H groups in total. The molecule has 1 amide bonds. The molecule has 0 bridgehead atoms. The van der Waals surface area contributed by atoms with Crippen LogP contribution in [0.5, 0.6) is 0 Å². The fourth-order valence-electron chi connectivity index (χ4n) is 4.13. The zero-order valence-electron chi connectivity index (χ0n) is 21.6. The smallest absolute Gasteiger partial charge is 0.324 e.